The first-order chi connectivity index (χ1) is 16.6. The summed E-state index contributed by atoms with van der Waals surface area (Å²) in [6.45, 7) is 2.83. The Morgan fingerprint density at radius 2 is 1.59 bits per heavy atom. The van der Waals surface area contributed by atoms with Crippen LogP contribution in [0.1, 0.15) is 59.1 Å². The molecular weight excluding hydrogens is 450 g/mol. The molecule has 0 aliphatic rings. The molecule has 0 aliphatic carbocycles. The fourth-order valence-electron chi connectivity index (χ4n) is 3.67. The molecule has 0 radical (unpaired) electrons. The van der Waals surface area contributed by atoms with Crippen LogP contribution in [-0.2, 0) is 0 Å². The largest absolute Gasteiger partial charge is 0.494 e. The summed E-state index contributed by atoms with van der Waals surface area (Å²) in [7, 11) is 0. The monoisotopic (exact) mass is 475 g/mol. The molecule has 0 fully saturated rings. The van der Waals surface area contributed by atoms with Gasteiger partial charge in [0, 0.05) is 21.5 Å². The van der Waals surface area contributed by atoms with Gasteiger partial charge >= 0.3 is 0 Å². The van der Waals surface area contributed by atoms with Gasteiger partial charge < -0.3 is 14.5 Å². The molecule has 0 atom stereocenters. The number of amides is 1. The minimum atomic E-state index is -0.341. The molecule has 1 aromatic heterocycles. The summed E-state index contributed by atoms with van der Waals surface area (Å²) in [5.74, 6) is 0.116. The van der Waals surface area contributed by atoms with Gasteiger partial charge in [-0.05, 0) is 67.1 Å². The maximum atomic E-state index is 13.2. The third kappa shape index (κ3) is 5.49. The summed E-state index contributed by atoms with van der Waals surface area (Å²) >= 11 is 5.95. The number of rotatable bonds is 10. The van der Waals surface area contributed by atoms with E-state index in [0.29, 0.717) is 39.4 Å². The predicted molar refractivity (Wildman–Crippen MR) is 135 cm³/mol. The number of carbonyl (C=O) groups is 2. The number of unbranched alkanes of at least 4 members (excludes halogenated alkanes) is 3. The summed E-state index contributed by atoms with van der Waals surface area (Å²) in [6.07, 6.45) is 4.54. The van der Waals surface area contributed by atoms with E-state index in [9.17, 15) is 9.59 Å². The van der Waals surface area contributed by atoms with Gasteiger partial charge in [-0.2, -0.15) is 0 Å². The second-order valence-electron chi connectivity index (χ2n) is 8.03. The van der Waals surface area contributed by atoms with Gasteiger partial charge in [-0.15, -0.1) is 0 Å². The average Bonchev–Trinajstić information content (AvgIpc) is 3.22. The zero-order chi connectivity index (χ0) is 23.9. The second kappa shape index (κ2) is 11.0. The first kappa shape index (κ1) is 23.6. The number of hydrogen-bond donors (Lipinski definition) is 1. The topological polar surface area (TPSA) is 68.5 Å². The molecule has 3 aromatic carbocycles. The van der Waals surface area contributed by atoms with Crippen LogP contribution in [0.5, 0.6) is 5.75 Å². The highest BCUT2D eigenvalue weighted by atomic mass is 35.5. The number of halogens is 1. The first-order valence-electron chi connectivity index (χ1n) is 11.4. The second-order valence-corrected chi connectivity index (χ2v) is 8.46. The van der Waals surface area contributed by atoms with Crippen LogP contribution >= 0.6 is 11.6 Å². The van der Waals surface area contributed by atoms with E-state index in [1.165, 1.54) is 12.8 Å². The molecule has 6 heteroatoms. The van der Waals surface area contributed by atoms with E-state index in [1.54, 1.807) is 54.6 Å². The molecule has 0 saturated heterocycles. The fourth-order valence-corrected chi connectivity index (χ4v) is 3.79. The van der Waals surface area contributed by atoms with Crippen LogP contribution < -0.4 is 10.1 Å². The first-order valence-corrected chi connectivity index (χ1v) is 11.8. The van der Waals surface area contributed by atoms with E-state index in [0.717, 1.165) is 18.6 Å². The van der Waals surface area contributed by atoms with Gasteiger partial charge in [0.2, 0.25) is 5.78 Å². The molecule has 4 rings (SSSR count). The number of benzene rings is 3. The van der Waals surface area contributed by atoms with E-state index in [1.807, 2.05) is 18.2 Å². The van der Waals surface area contributed by atoms with Crippen molar-refractivity contribution in [2.24, 2.45) is 0 Å². The van der Waals surface area contributed by atoms with Gasteiger partial charge in [0.25, 0.3) is 5.91 Å². The van der Waals surface area contributed by atoms with E-state index in [2.05, 4.69) is 12.2 Å². The molecule has 0 unspecified atom stereocenters. The van der Waals surface area contributed by atoms with Gasteiger partial charge in [-0.1, -0.05) is 49.9 Å². The maximum Gasteiger partial charge on any atom is 0.255 e. The molecule has 1 N–H and O–H groups in total. The van der Waals surface area contributed by atoms with Crippen molar-refractivity contribution in [3.05, 3.63) is 94.7 Å². The van der Waals surface area contributed by atoms with Gasteiger partial charge in [0.15, 0.2) is 5.76 Å². The van der Waals surface area contributed by atoms with Crippen LogP contribution in [0.25, 0.3) is 11.0 Å². The SMILES string of the molecule is CCCCCCOc1ccc(C(=O)Nc2c(C(=O)c3ccc(Cl)cc3)oc3ccccc23)cc1. The van der Waals surface area contributed by atoms with Crippen LogP contribution in [0, 0.1) is 0 Å². The lowest BCUT2D eigenvalue weighted by Crippen LogP contribution is -2.14. The van der Waals surface area contributed by atoms with Crippen molar-refractivity contribution in [3.63, 3.8) is 0 Å². The third-order valence-electron chi connectivity index (χ3n) is 5.53. The molecule has 34 heavy (non-hydrogen) atoms. The highest BCUT2D eigenvalue weighted by Gasteiger charge is 2.23. The number of anilines is 1. The third-order valence-corrected chi connectivity index (χ3v) is 5.78. The summed E-state index contributed by atoms with van der Waals surface area (Å²) in [5.41, 5.74) is 1.73. The normalized spacial score (nSPS) is 10.9. The van der Waals surface area contributed by atoms with Crippen molar-refractivity contribution >= 4 is 39.9 Å². The quantitative estimate of drug-likeness (QED) is 0.190. The van der Waals surface area contributed by atoms with E-state index < -0.39 is 0 Å². The number of nitrogens with one attached hydrogen (secondary N) is 1. The van der Waals surface area contributed by atoms with Gasteiger partial charge in [-0.25, -0.2) is 0 Å². The van der Waals surface area contributed by atoms with Crippen LogP contribution in [-0.4, -0.2) is 18.3 Å². The van der Waals surface area contributed by atoms with E-state index in [-0.39, 0.29) is 17.5 Å². The van der Waals surface area contributed by atoms with Crippen LogP contribution in [0.4, 0.5) is 5.69 Å². The Morgan fingerprint density at radius 3 is 2.32 bits per heavy atom. The Hall–Kier alpha value is -3.57. The zero-order valence-electron chi connectivity index (χ0n) is 19.0. The molecular formula is C28H26ClNO4. The summed E-state index contributed by atoms with van der Waals surface area (Å²) < 4.78 is 11.6. The molecule has 0 spiro atoms. The van der Waals surface area contributed by atoms with Crippen LogP contribution in [0.3, 0.4) is 0 Å². The molecule has 5 nitrogen and oxygen atoms in total. The molecule has 0 saturated carbocycles. The van der Waals surface area contributed by atoms with Crippen molar-refractivity contribution in [1.82, 2.24) is 0 Å². The Bertz CT molecular complexity index is 1280. The van der Waals surface area contributed by atoms with Crippen LogP contribution in [0.2, 0.25) is 5.02 Å². The van der Waals surface area contributed by atoms with Gasteiger partial charge in [0.1, 0.15) is 11.3 Å². The Balaban J connectivity index is 1.53. The zero-order valence-corrected chi connectivity index (χ0v) is 19.7. The Labute approximate surface area is 203 Å². The van der Waals surface area contributed by atoms with Crippen molar-refractivity contribution in [1.29, 1.82) is 0 Å². The number of ketones is 1. The molecule has 0 bridgehead atoms. The van der Waals surface area contributed by atoms with Gasteiger partial charge in [0.05, 0.1) is 12.3 Å². The van der Waals surface area contributed by atoms with Crippen molar-refractivity contribution < 1.29 is 18.7 Å². The molecule has 1 amide bonds. The van der Waals surface area contributed by atoms with Crippen molar-refractivity contribution in [2.45, 2.75) is 32.6 Å². The number of fused-ring (bicyclic) bond motifs is 1. The average molecular weight is 476 g/mol. The number of para-hydroxylation sites is 1. The van der Waals surface area contributed by atoms with Gasteiger partial charge in [-0.3, -0.25) is 9.59 Å². The smallest absolute Gasteiger partial charge is 0.255 e. The summed E-state index contributed by atoms with van der Waals surface area (Å²) in [6, 6.07) is 20.7. The van der Waals surface area contributed by atoms with E-state index in [4.69, 9.17) is 20.8 Å². The standard InChI is InChI=1S/C28H26ClNO4/c1-2-3-4-7-18-33-22-16-12-20(13-17-22)28(32)30-25-23-8-5-6-9-24(23)34-27(25)26(31)19-10-14-21(29)15-11-19/h5-6,8-17H,2-4,7,18H2,1H3,(H,30,32). The highest BCUT2D eigenvalue weighted by molar-refractivity contribution is 6.30. The number of carbonyl (C=O) groups excluding carboxylic acids is 2. The lowest BCUT2D eigenvalue weighted by atomic mass is 10.1. The Morgan fingerprint density at radius 1 is 0.882 bits per heavy atom. The maximum absolute atomic E-state index is 13.2. The number of hydrogen-bond acceptors (Lipinski definition) is 4. The summed E-state index contributed by atoms with van der Waals surface area (Å²) in [4.78, 5) is 26.2. The van der Waals surface area contributed by atoms with E-state index >= 15 is 0 Å². The van der Waals surface area contributed by atoms with Crippen molar-refractivity contribution in [3.8, 4) is 5.75 Å². The molecule has 0 aliphatic heterocycles. The lowest BCUT2D eigenvalue weighted by Gasteiger charge is -2.08. The number of ether oxygens (including phenoxy) is 1. The number of furan rings is 1. The summed E-state index contributed by atoms with van der Waals surface area (Å²) in [5, 5.41) is 4.06. The molecule has 4 aromatic rings. The fraction of sp³-hybridized carbons (Fsp3) is 0.214. The Kier molecular flexibility index (Phi) is 7.65. The lowest BCUT2D eigenvalue weighted by molar-refractivity contribution is 0.101. The molecule has 174 valence electrons. The van der Waals surface area contributed by atoms with Crippen molar-refractivity contribution in [2.75, 3.05) is 11.9 Å². The minimum Gasteiger partial charge on any atom is -0.494 e. The predicted octanol–water partition coefficient (Wildman–Crippen LogP) is 7.53. The molecule has 1 heterocycles. The van der Waals surface area contributed by atoms with Crippen LogP contribution in [0.15, 0.2) is 77.2 Å². The highest BCUT2D eigenvalue weighted by Crippen LogP contribution is 2.33. The minimum absolute atomic E-state index is 0.0731.